The number of aryl methyl sites for hydroxylation is 1. The average Bonchev–Trinajstić information content (AvgIpc) is 2.92. The van der Waals surface area contributed by atoms with Gasteiger partial charge < -0.3 is 10.0 Å². The first-order chi connectivity index (χ1) is 11.5. The van der Waals surface area contributed by atoms with Crippen molar-refractivity contribution >= 4 is 24.0 Å². The molecule has 0 aliphatic heterocycles. The lowest BCUT2D eigenvalue weighted by Gasteiger charge is -2.18. The molecular weight excluding hydrogens is 343 g/mol. The van der Waals surface area contributed by atoms with Crippen molar-refractivity contribution in [3.8, 4) is 5.75 Å². The minimum Gasteiger partial charge on any atom is -0.508 e. The molecule has 0 amide bonds. The van der Waals surface area contributed by atoms with E-state index in [9.17, 15) is 9.50 Å². The number of aromatic hydroxyl groups is 1. The third-order valence-corrected chi connectivity index (χ3v) is 4.07. The zero-order chi connectivity index (χ0) is 17.3. The monoisotopic (exact) mass is 362 g/mol. The zero-order valence-corrected chi connectivity index (χ0v) is 15.1. The number of hydrogen-bond donors (Lipinski definition) is 1. The number of hydrogen-bond acceptors (Lipinski definition) is 4. The second-order valence-corrected chi connectivity index (χ2v) is 5.81. The van der Waals surface area contributed by atoms with E-state index >= 15 is 0 Å². The Bertz CT molecular complexity index is 864. The fourth-order valence-electron chi connectivity index (χ4n) is 2.55. The first kappa shape index (κ1) is 18.7. The van der Waals surface area contributed by atoms with Gasteiger partial charge in [0, 0.05) is 26.2 Å². The van der Waals surface area contributed by atoms with Crippen LogP contribution >= 0.6 is 12.4 Å². The Morgan fingerprint density at radius 2 is 1.80 bits per heavy atom. The minimum absolute atomic E-state index is 0. The molecule has 1 heterocycles. The summed E-state index contributed by atoms with van der Waals surface area (Å²) in [6.07, 6.45) is 0.611. The van der Waals surface area contributed by atoms with E-state index in [0.717, 1.165) is 17.1 Å². The maximum atomic E-state index is 13.4. The number of aromatic nitrogens is 3. The van der Waals surface area contributed by atoms with Crippen LogP contribution in [0, 0.1) is 12.7 Å². The highest BCUT2D eigenvalue weighted by molar-refractivity contribution is 5.85. The predicted molar refractivity (Wildman–Crippen MR) is 98.4 cm³/mol. The van der Waals surface area contributed by atoms with Gasteiger partial charge in [-0.1, -0.05) is 12.1 Å². The zero-order valence-electron chi connectivity index (χ0n) is 14.3. The smallest absolute Gasteiger partial charge is 0.231 e. The van der Waals surface area contributed by atoms with Crippen LogP contribution in [0.15, 0.2) is 42.5 Å². The van der Waals surface area contributed by atoms with Crippen molar-refractivity contribution in [3.63, 3.8) is 0 Å². The van der Waals surface area contributed by atoms with Gasteiger partial charge in [0.25, 0.3) is 0 Å². The highest BCUT2D eigenvalue weighted by atomic mass is 35.5. The molecule has 0 atom stereocenters. The van der Waals surface area contributed by atoms with Gasteiger partial charge in [-0.3, -0.25) is 4.57 Å². The maximum Gasteiger partial charge on any atom is 0.231 e. The van der Waals surface area contributed by atoms with Crippen LogP contribution in [0.5, 0.6) is 5.75 Å². The third-order valence-electron chi connectivity index (χ3n) is 4.07. The highest BCUT2D eigenvalue weighted by Gasteiger charge is 2.15. The van der Waals surface area contributed by atoms with Gasteiger partial charge in [-0.2, -0.15) is 0 Å². The van der Waals surface area contributed by atoms with E-state index in [2.05, 4.69) is 10.2 Å². The van der Waals surface area contributed by atoms with Crippen LogP contribution in [0.3, 0.4) is 0 Å². The third kappa shape index (κ3) is 3.91. The van der Waals surface area contributed by atoms with Gasteiger partial charge in [-0.15, -0.1) is 22.6 Å². The van der Waals surface area contributed by atoms with E-state index in [4.69, 9.17) is 0 Å². The van der Waals surface area contributed by atoms with E-state index in [1.807, 2.05) is 35.7 Å². The van der Waals surface area contributed by atoms with Crippen LogP contribution in [0.4, 0.5) is 16.0 Å². The molecule has 25 heavy (non-hydrogen) atoms. The molecule has 0 fully saturated rings. The SMILES string of the molecule is Cc1cc(N(C)c2nnc(Cc3ccc(O)cc3)n2C)ccc1F.Cl. The lowest BCUT2D eigenvalue weighted by molar-refractivity contribution is 0.475. The summed E-state index contributed by atoms with van der Waals surface area (Å²) in [4.78, 5) is 1.87. The second-order valence-electron chi connectivity index (χ2n) is 5.81. The lowest BCUT2D eigenvalue weighted by atomic mass is 10.1. The van der Waals surface area contributed by atoms with E-state index < -0.39 is 0 Å². The van der Waals surface area contributed by atoms with Crippen LogP contribution < -0.4 is 4.90 Å². The van der Waals surface area contributed by atoms with Gasteiger partial charge in [-0.05, 0) is 48.4 Å². The molecule has 1 N–H and O–H groups in total. The second kappa shape index (κ2) is 7.53. The number of benzene rings is 2. The Morgan fingerprint density at radius 1 is 1.12 bits per heavy atom. The largest absolute Gasteiger partial charge is 0.508 e. The summed E-state index contributed by atoms with van der Waals surface area (Å²) in [5.41, 5.74) is 2.47. The molecule has 5 nitrogen and oxygen atoms in total. The van der Waals surface area contributed by atoms with Gasteiger partial charge in [-0.25, -0.2) is 4.39 Å². The van der Waals surface area contributed by atoms with Crippen molar-refractivity contribution in [2.24, 2.45) is 7.05 Å². The molecule has 132 valence electrons. The topological polar surface area (TPSA) is 54.2 Å². The molecule has 0 aliphatic carbocycles. The van der Waals surface area contributed by atoms with Gasteiger partial charge in [0.2, 0.25) is 5.95 Å². The molecule has 0 spiro atoms. The Morgan fingerprint density at radius 3 is 2.44 bits per heavy atom. The van der Waals surface area contributed by atoms with Crippen LogP contribution in [-0.4, -0.2) is 26.9 Å². The molecule has 0 saturated heterocycles. The van der Waals surface area contributed by atoms with Gasteiger partial charge in [0.05, 0.1) is 0 Å². The van der Waals surface area contributed by atoms with Crippen molar-refractivity contribution in [1.29, 1.82) is 0 Å². The van der Waals surface area contributed by atoms with E-state index in [1.54, 1.807) is 31.2 Å². The van der Waals surface area contributed by atoms with Gasteiger partial charge >= 0.3 is 0 Å². The molecule has 0 radical (unpaired) electrons. The van der Waals surface area contributed by atoms with Gasteiger partial charge in [0.1, 0.15) is 17.4 Å². The molecule has 0 aliphatic rings. The number of phenolic OH excluding ortho intramolecular Hbond substituents is 1. The minimum atomic E-state index is -0.224. The highest BCUT2D eigenvalue weighted by Crippen LogP contribution is 2.24. The van der Waals surface area contributed by atoms with Crippen molar-refractivity contribution in [3.05, 3.63) is 65.2 Å². The molecule has 0 saturated carbocycles. The Labute approximate surface area is 152 Å². The molecule has 3 aromatic rings. The fraction of sp³-hybridized carbons (Fsp3) is 0.222. The summed E-state index contributed by atoms with van der Waals surface area (Å²) < 4.78 is 15.4. The molecule has 7 heteroatoms. The first-order valence-electron chi connectivity index (χ1n) is 7.62. The number of phenols is 1. The molecule has 0 bridgehead atoms. The van der Waals surface area contributed by atoms with Crippen molar-refractivity contribution in [2.45, 2.75) is 13.3 Å². The average molecular weight is 363 g/mol. The number of nitrogens with zero attached hydrogens (tertiary/aromatic N) is 4. The number of rotatable bonds is 4. The van der Waals surface area contributed by atoms with Crippen LogP contribution in [0.1, 0.15) is 17.0 Å². The molecule has 1 aromatic heterocycles. The molecule has 0 unspecified atom stereocenters. The number of halogens is 2. The van der Waals surface area contributed by atoms with E-state index in [0.29, 0.717) is 17.9 Å². The van der Waals surface area contributed by atoms with Gasteiger partial charge in [0.15, 0.2) is 0 Å². The lowest BCUT2D eigenvalue weighted by Crippen LogP contribution is -2.15. The van der Waals surface area contributed by atoms with E-state index in [-0.39, 0.29) is 24.0 Å². The Kier molecular flexibility index (Phi) is 5.64. The summed E-state index contributed by atoms with van der Waals surface area (Å²) in [6.45, 7) is 1.74. The summed E-state index contributed by atoms with van der Waals surface area (Å²) in [6, 6.07) is 12.0. The number of anilines is 2. The molecular formula is C18H20ClFN4O. The van der Waals surface area contributed by atoms with Crippen molar-refractivity contribution in [2.75, 3.05) is 11.9 Å². The predicted octanol–water partition coefficient (Wildman–Crippen LogP) is 3.75. The standard InChI is InChI=1S/C18H19FN4O.ClH/c1-12-10-14(6-9-16(12)19)22(2)18-21-20-17(23(18)3)11-13-4-7-15(24)8-5-13;/h4-10,24H,11H2,1-3H3;1H. The van der Waals surface area contributed by atoms with Crippen molar-refractivity contribution < 1.29 is 9.50 Å². The normalized spacial score (nSPS) is 10.4. The summed E-state index contributed by atoms with van der Waals surface area (Å²) in [5.74, 6) is 1.50. The summed E-state index contributed by atoms with van der Waals surface area (Å²) >= 11 is 0. The van der Waals surface area contributed by atoms with Crippen molar-refractivity contribution in [1.82, 2.24) is 14.8 Å². The Balaban J connectivity index is 0.00000225. The maximum absolute atomic E-state index is 13.4. The summed E-state index contributed by atoms with van der Waals surface area (Å²) in [5, 5.41) is 17.9. The van der Waals surface area contributed by atoms with E-state index in [1.165, 1.54) is 6.07 Å². The van der Waals surface area contributed by atoms with Crippen LogP contribution in [0.25, 0.3) is 0 Å². The first-order valence-corrected chi connectivity index (χ1v) is 7.62. The molecule has 3 rings (SSSR count). The summed E-state index contributed by atoms with van der Waals surface area (Å²) in [7, 11) is 3.78. The van der Waals surface area contributed by atoms with Crippen LogP contribution in [0.2, 0.25) is 0 Å². The van der Waals surface area contributed by atoms with Crippen LogP contribution in [-0.2, 0) is 13.5 Å². The Hall–Kier alpha value is -2.60. The quantitative estimate of drug-likeness (QED) is 0.768. The molecule has 2 aromatic carbocycles. The fourth-order valence-corrected chi connectivity index (χ4v) is 2.55.